The first kappa shape index (κ1) is 36.2. The second kappa shape index (κ2) is 14.7. The Morgan fingerprint density at radius 3 is 2.44 bits per heavy atom. The molecule has 1 saturated carbocycles. The number of hydrogen-bond acceptors (Lipinski definition) is 10. The molecule has 3 saturated heterocycles. The van der Waals surface area contributed by atoms with Gasteiger partial charge < -0.3 is 24.4 Å². The molecule has 57 heavy (non-hydrogen) atoms. The summed E-state index contributed by atoms with van der Waals surface area (Å²) in [5.74, 6) is 1.92. The third-order valence-electron chi connectivity index (χ3n) is 12.6. The Morgan fingerprint density at radius 1 is 0.930 bits per heavy atom. The van der Waals surface area contributed by atoms with Crippen molar-refractivity contribution in [1.29, 1.82) is 0 Å². The number of fused-ring (bicyclic) bond motifs is 4. The van der Waals surface area contributed by atoms with Crippen LogP contribution in [0.1, 0.15) is 87.9 Å². The first-order chi connectivity index (χ1) is 27.8. The van der Waals surface area contributed by atoms with Crippen molar-refractivity contribution in [2.24, 2.45) is 5.92 Å². The summed E-state index contributed by atoms with van der Waals surface area (Å²) in [4.78, 5) is 12.9. The molecule has 2 bridgehead atoms. The zero-order valence-electron chi connectivity index (χ0n) is 33.1. The van der Waals surface area contributed by atoms with Crippen LogP contribution in [0.5, 0.6) is 11.8 Å². The quantitative estimate of drug-likeness (QED) is 0.134. The van der Waals surface area contributed by atoms with E-state index in [0.29, 0.717) is 65.5 Å². The van der Waals surface area contributed by atoms with Crippen molar-refractivity contribution in [2.45, 2.75) is 103 Å². The lowest BCUT2D eigenvalue weighted by molar-refractivity contribution is 0.0219. The smallest absolute Gasteiger partial charge is 0.319 e. The van der Waals surface area contributed by atoms with Crippen LogP contribution < -0.4 is 19.7 Å². The van der Waals surface area contributed by atoms with Crippen LogP contribution in [0.25, 0.3) is 44.2 Å². The predicted octanol–water partition coefficient (Wildman–Crippen LogP) is 8.05. The summed E-state index contributed by atoms with van der Waals surface area (Å²) in [7, 11) is 0. The molecule has 12 nitrogen and oxygen atoms in total. The monoisotopic (exact) mass is 771 g/mol. The van der Waals surface area contributed by atoms with Gasteiger partial charge in [0.05, 0.1) is 37.2 Å². The van der Waals surface area contributed by atoms with Gasteiger partial charge in [0, 0.05) is 65.5 Å². The molecule has 0 amide bonds. The van der Waals surface area contributed by atoms with Gasteiger partial charge in [0.25, 0.3) is 0 Å². The predicted molar refractivity (Wildman–Crippen MR) is 217 cm³/mol. The third-order valence-corrected chi connectivity index (χ3v) is 12.6. The molecule has 10 rings (SSSR count). The molecular formula is C44H50FN9O3. The molecule has 2 N–H and O–H groups in total. The summed E-state index contributed by atoms with van der Waals surface area (Å²) in [6, 6.07) is 13.5. The minimum Gasteiger partial charge on any atom is -0.486 e. The largest absolute Gasteiger partial charge is 0.486 e. The first-order valence-electron chi connectivity index (χ1n) is 20.7. The van der Waals surface area contributed by atoms with Crippen LogP contribution in [0.4, 0.5) is 10.2 Å². The van der Waals surface area contributed by atoms with Crippen LogP contribution in [0.3, 0.4) is 0 Å². The van der Waals surface area contributed by atoms with Gasteiger partial charge in [0.1, 0.15) is 35.6 Å². The Morgan fingerprint density at radius 2 is 1.70 bits per heavy atom. The van der Waals surface area contributed by atoms with E-state index in [2.05, 4.69) is 81.8 Å². The minimum atomic E-state index is -0.298. The van der Waals surface area contributed by atoms with Crippen LogP contribution in [0, 0.1) is 18.7 Å². The average molecular weight is 772 g/mol. The van der Waals surface area contributed by atoms with Crippen molar-refractivity contribution in [1.82, 2.24) is 40.5 Å². The number of benzene rings is 3. The van der Waals surface area contributed by atoms with Gasteiger partial charge in [0.15, 0.2) is 5.75 Å². The number of aromatic nitrogens is 7. The molecule has 6 heterocycles. The van der Waals surface area contributed by atoms with Crippen LogP contribution in [-0.2, 0) is 11.3 Å². The van der Waals surface area contributed by atoms with Crippen molar-refractivity contribution in [2.75, 3.05) is 31.2 Å². The summed E-state index contributed by atoms with van der Waals surface area (Å²) in [5.41, 5.74) is 7.41. The fourth-order valence-corrected chi connectivity index (χ4v) is 8.87. The standard InChI is InChI=1S/C44H50FN9O3/c1-24(2)26(4)54-22-38(51-52-54)29-7-5-27(6-8-29)23-56-42-40(39-25(3)36(45)18-37-35(39)19-46-50-37)33(28-9-10-28)17-34-41(42)48-44(57-32-13-15-55-16-14-32)49-43(34)53-20-30-11-12-31(21-53)47-30/h5-8,17-19,22,24,26,28,30-32,47H,9-16,20-21,23H2,1-4H3,(H,46,50). The number of nitrogens with one attached hydrogen (secondary N) is 2. The summed E-state index contributed by atoms with van der Waals surface area (Å²) in [5, 5.41) is 21.8. The number of halogens is 1. The number of rotatable bonds is 11. The van der Waals surface area contributed by atoms with Crippen LogP contribution in [-0.4, -0.2) is 79.7 Å². The number of anilines is 1. The highest BCUT2D eigenvalue weighted by Gasteiger charge is 2.37. The van der Waals surface area contributed by atoms with Gasteiger partial charge in [-0.15, -0.1) is 5.10 Å². The molecule has 0 spiro atoms. The molecule has 4 fully saturated rings. The van der Waals surface area contributed by atoms with Crippen molar-refractivity contribution < 1.29 is 18.6 Å². The summed E-state index contributed by atoms with van der Waals surface area (Å²) < 4.78 is 37.2. The lowest BCUT2D eigenvalue weighted by Gasteiger charge is -2.35. The van der Waals surface area contributed by atoms with Crippen molar-refractivity contribution >= 4 is 27.6 Å². The van der Waals surface area contributed by atoms with E-state index in [1.807, 2.05) is 17.8 Å². The van der Waals surface area contributed by atoms with Gasteiger partial charge in [0.2, 0.25) is 0 Å². The molecule has 3 aliphatic heterocycles. The maximum absolute atomic E-state index is 15.9. The van der Waals surface area contributed by atoms with E-state index < -0.39 is 0 Å². The fraction of sp³-hybridized carbons (Fsp3) is 0.477. The lowest BCUT2D eigenvalue weighted by Crippen LogP contribution is -2.51. The zero-order valence-corrected chi connectivity index (χ0v) is 33.1. The molecule has 0 radical (unpaired) electrons. The normalized spacial score (nSPS) is 20.6. The van der Waals surface area contributed by atoms with Gasteiger partial charge >= 0.3 is 6.01 Å². The van der Waals surface area contributed by atoms with E-state index >= 15 is 4.39 Å². The second-order valence-corrected chi connectivity index (χ2v) is 16.9. The average Bonchev–Trinajstić information content (AvgIpc) is 3.58. The number of hydrogen-bond donors (Lipinski definition) is 2. The molecule has 3 unspecified atom stereocenters. The number of nitrogens with zero attached hydrogens (tertiary/aromatic N) is 7. The lowest BCUT2D eigenvalue weighted by atomic mass is 9.88. The molecule has 3 aromatic heterocycles. The molecule has 4 aliphatic rings. The van der Waals surface area contributed by atoms with E-state index in [-0.39, 0.29) is 24.6 Å². The molecule has 6 aromatic rings. The summed E-state index contributed by atoms with van der Waals surface area (Å²) >= 11 is 0. The highest BCUT2D eigenvalue weighted by Crippen LogP contribution is 2.53. The van der Waals surface area contributed by atoms with E-state index in [4.69, 9.17) is 24.2 Å². The van der Waals surface area contributed by atoms with Crippen molar-refractivity contribution in [3.8, 4) is 34.1 Å². The van der Waals surface area contributed by atoms with Gasteiger partial charge in [-0.3, -0.25) is 5.10 Å². The van der Waals surface area contributed by atoms with Crippen molar-refractivity contribution in [3.05, 3.63) is 71.3 Å². The maximum atomic E-state index is 15.9. The Hall–Kier alpha value is -5.14. The Balaban J connectivity index is 1.12. The van der Waals surface area contributed by atoms with Gasteiger partial charge in [-0.05, 0) is 80.2 Å². The van der Waals surface area contributed by atoms with Gasteiger partial charge in [-0.25, -0.2) is 9.07 Å². The van der Waals surface area contributed by atoms with E-state index in [9.17, 15) is 0 Å². The first-order valence-corrected chi connectivity index (χ1v) is 20.7. The third kappa shape index (κ3) is 6.88. The highest BCUT2D eigenvalue weighted by molar-refractivity contribution is 6.06. The molecule has 3 aromatic carbocycles. The summed E-state index contributed by atoms with van der Waals surface area (Å²) in [6.07, 6.45) is 9.68. The Bertz CT molecular complexity index is 2420. The summed E-state index contributed by atoms with van der Waals surface area (Å²) in [6.45, 7) is 11.6. The Labute approximate surface area is 331 Å². The van der Waals surface area contributed by atoms with Gasteiger partial charge in [-0.1, -0.05) is 43.3 Å². The number of aromatic amines is 1. The topological polar surface area (TPSA) is 128 Å². The number of piperazine rings is 1. The van der Waals surface area contributed by atoms with E-state index in [1.165, 1.54) is 6.07 Å². The second-order valence-electron chi connectivity index (χ2n) is 16.9. The molecular weight excluding hydrogens is 722 g/mol. The van der Waals surface area contributed by atoms with Gasteiger partial charge in [-0.2, -0.15) is 15.1 Å². The van der Waals surface area contributed by atoms with Crippen LogP contribution in [0.15, 0.2) is 48.8 Å². The fourth-order valence-electron chi connectivity index (χ4n) is 8.87. The number of H-pyrrole nitrogens is 1. The maximum Gasteiger partial charge on any atom is 0.319 e. The molecule has 296 valence electrons. The van der Waals surface area contributed by atoms with E-state index in [1.54, 1.807) is 6.20 Å². The zero-order chi connectivity index (χ0) is 38.8. The molecule has 1 aliphatic carbocycles. The van der Waals surface area contributed by atoms with Crippen molar-refractivity contribution in [3.63, 3.8) is 0 Å². The van der Waals surface area contributed by atoms with E-state index in [0.717, 1.165) is 102 Å². The highest BCUT2D eigenvalue weighted by atomic mass is 19.1. The number of ether oxygens (including phenoxy) is 3. The van der Waals surface area contributed by atoms with Crippen LogP contribution >= 0.6 is 0 Å². The Kier molecular flexibility index (Phi) is 9.32. The molecule has 13 heteroatoms. The molecule has 3 atom stereocenters. The SMILES string of the molecule is Cc1c(F)cc2[nH]ncc2c1-c1c(C2CC2)cc2c(N3CC4CCC(C3)N4)nc(OC3CCOCC3)nc2c1OCc1ccc(-c2cn(C(C)C(C)C)nn2)cc1. The minimum absolute atomic E-state index is 0.0532. The van der Waals surface area contributed by atoms with Crippen LogP contribution in [0.2, 0.25) is 0 Å².